The van der Waals surface area contributed by atoms with Crippen molar-refractivity contribution in [3.05, 3.63) is 0 Å². The van der Waals surface area contributed by atoms with Gasteiger partial charge in [-0.25, -0.2) is 0 Å². The van der Waals surface area contributed by atoms with E-state index in [9.17, 15) is 4.79 Å². The van der Waals surface area contributed by atoms with Crippen molar-refractivity contribution >= 4 is 51.1 Å². The molecule has 0 aromatic rings. The van der Waals surface area contributed by atoms with E-state index in [0.29, 0.717) is 8.35 Å². The second-order valence-electron chi connectivity index (χ2n) is 1.88. The van der Waals surface area contributed by atoms with Gasteiger partial charge in [-0.05, 0) is 0 Å². The number of rotatable bonds is 2. The van der Waals surface area contributed by atoms with Gasteiger partial charge < -0.3 is 4.90 Å². The van der Waals surface area contributed by atoms with Crippen LogP contribution in [0.5, 0.6) is 0 Å². The topological polar surface area (TPSA) is 20.3 Å². The van der Waals surface area contributed by atoms with Crippen molar-refractivity contribution in [2.75, 3.05) is 14.1 Å². The molecule has 0 heterocycles. The zero-order valence-electron chi connectivity index (χ0n) is 5.40. The third-order valence-electron chi connectivity index (χ3n) is 0.828. The Bertz CT molecular complexity index is 103. The van der Waals surface area contributed by atoms with Crippen LogP contribution in [0.15, 0.2) is 0 Å². The van der Waals surface area contributed by atoms with Crippen molar-refractivity contribution < 1.29 is 4.79 Å². The molecule has 0 radical (unpaired) electrons. The van der Waals surface area contributed by atoms with Crippen LogP contribution in [0.4, 0.5) is 0 Å². The molecule has 0 aliphatic rings. The molecule has 0 aromatic carbocycles. The Morgan fingerprint density at radius 1 is 1.56 bits per heavy atom. The van der Waals surface area contributed by atoms with E-state index in [-0.39, 0.29) is 5.91 Å². The maximum atomic E-state index is 10.9. The van der Waals surface area contributed by atoms with Crippen LogP contribution in [0, 0.1) is 0 Å². The zero-order chi connectivity index (χ0) is 7.44. The second kappa shape index (κ2) is 4.70. The first-order valence-electron chi connectivity index (χ1n) is 2.52. The van der Waals surface area contributed by atoms with Gasteiger partial charge in [0.1, 0.15) is 0 Å². The van der Waals surface area contributed by atoms with Gasteiger partial charge in [-0.1, -0.05) is 45.2 Å². The zero-order valence-corrected chi connectivity index (χ0v) is 9.71. The third kappa shape index (κ3) is 5.38. The largest absolute Gasteiger partial charge is 0.349 e. The number of alkyl halides is 2. The van der Waals surface area contributed by atoms with Crippen molar-refractivity contribution in [2.24, 2.45) is 0 Å². The van der Waals surface area contributed by atoms with Gasteiger partial charge in [-0.2, -0.15) is 0 Å². The summed E-state index contributed by atoms with van der Waals surface area (Å²) in [5, 5.41) is 0. The number of hydrogen-bond acceptors (Lipinski definition) is 1. The molecule has 0 bridgehead atoms. The van der Waals surface area contributed by atoms with Gasteiger partial charge in [-0.15, -0.1) is 0 Å². The summed E-state index contributed by atoms with van der Waals surface area (Å²) < 4.78 is 0.412. The number of nitrogens with zero attached hydrogens (tertiary/aromatic N) is 1. The highest BCUT2D eigenvalue weighted by molar-refractivity contribution is 14.2. The molecule has 0 aromatic heterocycles. The van der Waals surface area contributed by atoms with Gasteiger partial charge in [0.15, 0.2) is 0 Å². The smallest absolute Gasteiger partial charge is 0.223 e. The molecule has 0 saturated carbocycles. The molecule has 54 valence electrons. The minimum Gasteiger partial charge on any atom is -0.349 e. The molecular formula is C5H9I2NO. The molecular weight excluding hydrogens is 344 g/mol. The van der Waals surface area contributed by atoms with Crippen LogP contribution >= 0.6 is 45.2 Å². The quantitative estimate of drug-likeness (QED) is 0.547. The van der Waals surface area contributed by atoms with Crippen molar-refractivity contribution in [3.63, 3.8) is 0 Å². The van der Waals surface area contributed by atoms with E-state index in [1.807, 2.05) is 0 Å². The van der Waals surface area contributed by atoms with E-state index in [1.54, 1.807) is 19.0 Å². The van der Waals surface area contributed by atoms with Crippen molar-refractivity contribution in [2.45, 2.75) is 8.35 Å². The Morgan fingerprint density at radius 2 is 2.00 bits per heavy atom. The lowest BCUT2D eigenvalue weighted by Gasteiger charge is -2.09. The first-order chi connectivity index (χ1) is 4.04. The van der Waals surface area contributed by atoms with E-state index < -0.39 is 0 Å². The highest BCUT2D eigenvalue weighted by Crippen LogP contribution is 2.14. The molecule has 0 spiro atoms. The monoisotopic (exact) mass is 353 g/mol. The summed E-state index contributed by atoms with van der Waals surface area (Å²) in [6.07, 6.45) is 0.633. The van der Waals surface area contributed by atoms with E-state index in [1.165, 1.54) is 0 Å². The summed E-state index contributed by atoms with van der Waals surface area (Å²) in [6.45, 7) is 0. The average Bonchev–Trinajstić information content (AvgIpc) is 1.63. The van der Waals surface area contributed by atoms with Gasteiger partial charge in [0.05, 0.1) is 1.93 Å². The fourth-order valence-corrected chi connectivity index (χ4v) is 1.07. The summed E-state index contributed by atoms with van der Waals surface area (Å²) in [5.41, 5.74) is 0. The molecule has 0 saturated heterocycles. The number of hydrogen-bond donors (Lipinski definition) is 0. The van der Waals surface area contributed by atoms with Crippen molar-refractivity contribution in [3.8, 4) is 0 Å². The Balaban J connectivity index is 3.51. The van der Waals surface area contributed by atoms with Crippen molar-refractivity contribution in [1.82, 2.24) is 4.90 Å². The van der Waals surface area contributed by atoms with Crippen LogP contribution in [-0.4, -0.2) is 26.8 Å². The van der Waals surface area contributed by atoms with Crippen LogP contribution in [0.25, 0.3) is 0 Å². The molecule has 0 aliphatic heterocycles. The van der Waals surface area contributed by atoms with Crippen LogP contribution in [0.3, 0.4) is 0 Å². The second-order valence-corrected chi connectivity index (χ2v) is 7.27. The average molecular weight is 353 g/mol. The molecule has 0 aliphatic carbocycles. The van der Waals surface area contributed by atoms with Crippen LogP contribution < -0.4 is 0 Å². The normalized spacial score (nSPS) is 9.89. The summed E-state index contributed by atoms with van der Waals surface area (Å²) in [5.74, 6) is 0.198. The molecule has 2 nitrogen and oxygen atoms in total. The SMILES string of the molecule is CN(C)C(=O)CC(I)I. The maximum Gasteiger partial charge on any atom is 0.223 e. The van der Waals surface area contributed by atoms with Crippen LogP contribution in [-0.2, 0) is 4.79 Å². The van der Waals surface area contributed by atoms with Crippen LogP contribution in [0.2, 0.25) is 0 Å². The Hall–Kier alpha value is 0.930. The van der Waals surface area contributed by atoms with E-state index in [0.717, 1.165) is 0 Å². The number of carbonyl (C=O) groups is 1. The van der Waals surface area contributed by atoms with Gasteiger partial charge in [-0.3, -0.25) is 4.79 Å². The Kier molecular flexibility index (Phi) is 5.19. The number of halogens is 2. The van der Waals surface area contributed by atoms with E-state index in [4.69, 9.17) is 0 Å². The lowest BCUT2D eigenvalue weighted by Crippen LogP contribution is -2.22. The maximum absolute atomic E-state index is 10.9. The van der Waals surface area contributed by atoms with Gasteiger partial charge in [0.2, 0.25) is 5.91 Å². The molecule has 1 amide bonds. The van der Waals surface area contributed by atoms with Crippen molar-refractivity contribution in [1.29, 1.82) is 0 Å². The predicted molar refractivity (Wildman–Crippen MR) is 55.1 cm³/mol. The lowest BCUT2D eigenvalue weighted by atomic mass is 10.4. The molecule has 4 heteroatoms. The van der Waals surface area contributed by atoms with Gasteiger partial charge in [0, 0.05) is 20.5 Å². The standard InChI is InChI=1S/C5H9I2NO/c1-8(2)5(9)3-4(6)7/h4H,3H2,1-2H3. The summed E-state index contributed by atoms with van der Waals surface area (Å²) >= 11 is 4.46. The number of amides is 1. The van der Waals surface area contributed by atoms with Gasteiger partial charge >= 0.3 is 0 Å². The third-order valence-corrected chi connectivity index (χ3v) is 1.71. The molecule has 0 rings (SSSR count). The predicted octanol–water partition coefficient (Wildman–Crippen LogP) is 1.66. The Labute approximate surface area is 82.6 Å². The van der Waals surface area contributed by atoms with Gasteiger partial charge in [0.25, 0.3) is 0 Å². The Morgan fingerprint density at radius 3 is 2.11 bits per heavy atom. The molecule has 0 N–H and O–H groups in total. The fraction of sp³-hybridized carbons (Fsp3) is 0.800. The lowest BCUT2D eigenvalue weighted by molar-refractivity contribution is -0.128. The number of carbonyl (C=O) groups excluding carboxylic acids is 1. The van der Waals surface area contributed by atoms with E-state index in [2.05, 4.69) is 45.2 Å². The highest BCUT2D eigenvalue weighted by Gasteiger charge is 2.07. The molecule has 0 atom stereocenters. The minimum atomic E-state index is 0.198. The first kappa shape index (κ1) is 9.93. The molecule has 0 unspecified atom stereocenters. The molecule has 9 heavy (non-hydrogen) atoms. The summed E-state index contributed by atoms with van der Waals surface area (Å²) in [7, 11) is 3.55. The van der Waals surface area contributed by atoms with Crippen LogP contribution in [0.1, 0.15) is 6.42 Å². The first-order valence-corrected chi connectivity index (χ1v) is 5.01. The summed E-state index contributed by atoms with van der Waals surface area (Å²) in [6, 6.07) is 0. The highest BCUT2D eigenvalue weighted by atomic mass is 127. The molecule has 0 fully saturated rings. The van der Waals surface area contributed by atoms with E-state index >= 15 is 0 Å². The summed E-state index contributed by atoms with van der Waals surface area (Å²) in [4.78, 5) is 12.5. The minimum absolute atomic E-state index is 0.198. The fourth-order valence-electron chi connectivity index (χ4n) is 0.315.